The first-order valence-electron chi connectivity index (χ1n) is 1.76. The predicted molar refractivity (Wildman–Crippen MR) is 38.4 cm³/mol. The molecule has 0 aliphatic rings. The second kappa shape index (κ2) is 11.8. The summed E-state index contributed by atoms with van der Waals surface area (Å²) in [6, 6.07) is 0. The van der Waals surface area contributed by atoms with Gasteiger partial charge in [0.1, 0.15) is 0 Å². The molecule has 0 aliphatic carbocycles. The first-order chi connectivity index (χ1) is 4.13. The van der Waals surface area contributed by atoms with Crippen LogP contribution >= 0.6 is 16.5 Å². The lowest BCUT2D eigenvalue weighted by Crippen LogP contribution is -1.58. The first-order valence-corrected chi connectivity index (χ1v) is 4.29. The number of rotatable bonds is 2. The van der Waals surface area contributed by atoms with Gasteiger partial charge in [0.15, 0.2) is 0 Å². The van der Waals surface area contributed by atoms with Crippen molar-refractivity contribution >= 4 is 16.5 Å². The lowest BCUT2D eigenvalue weighted by atomic mass is 11.3. The molecule has 0 heterocycles. The van der Waals surface area contributed by atoms with E-state index in [4.69, 9.17) is 9.79 Å². The molecule has 2 unspecified atom stereocenters. The molecule has 0 bridgehead atoms. The van der Waals surface area contributed by atoms with E-state index in [0.717, 1.165) is 0 Å². The molecule has 0 aromatic heterocycles. The summed E-state index contributed by atoms with van der Waals surface area (Å²) in [5.41, 5.74) is 0. The van der Waals surface area contributed by atoms with Crippen LogP contribution in [0, 0.1) is 0 Å². The molecule has 0 amide bonds. The van der Waals surface area contributed by atoms with Crippen molar-refractivity contribution in [3.8, 4) is 0 Å². The highest BCUT2D eigenvalue weighted by molar-refractivity contribution is 7.46. The average molecular weight is 192 g/mol. The average Bonchev–Trinajstić information content (AvgIpc) is 1.68. The molecule has 0 aromatic carbocycles. The SMILES string of the molecule is C=C.O.O=[PH](O)O[PH](=O)O. The first kappa shape index (κ1) is 16.6. The molecule has 8 heteroatoms. The van der Waals surface area contributed by atoms with E-state index in [1.807, 2.05) is 0 Å². The third-order valence-corrected chi connectivity index (χ3v) is 1.57. The molecule has 6 nitrogen and oxygen atoms in total. The van der Waals surface area contributed by atoms with Gasteiger partial charge in [0.25, 0.3) is 0 Å². The fourth-order valence-corrected chi connectivity index (χ4v) is 0.672. The molecule has 0 aliphatic heterocycles. The molecule has 0 saturated heterocycles. The Balaban J connectivity index is -0.000000149. The number of hydrogen-bond donors (Lipinski definition) is 2. The Morgan fingerprint density at radius 3 is 1.30 bits per heavy atom. The van der Waals surface area contributed by atoms with E-state index in [-0.39, 0.29) is 5.48 Å². The Morgan fingerprint density at radius 1 is 1.10 bits per heavy atom. The second-order valence-corrected chi connectivity index (χ2v) is 2.51. The highest BCUT2D eigenvalue weighted by Crippen LogP contribution is 2.30. The largest absolute Gasteiger partial charge is 0.412 e. The van der Waals surface area contributed by atoms with Crippen molar-refractivity contribution in [3.63, 3.8) is 0 Å². The van der Waals surface area contributed by atoms with Crippen LogP contribution in [0.15, 0.2) is 13.2 Å². The van der Waals surface area contributed by atoms with Gasteiger partial charge in [-0.15, -0.1) is 13.2 Å². The van der Waals surface area contributed by atoms with Crippen LogP contribution in [0.1, 0.15) is 0 Å². The van der Waals surface area contributed by atoms with Crippen molar-refractivity contribution < 1.29 is 28.7 Å². The van der Waals surface area contributed by atoms with Gasteiger partial charge in [0, 0.05) is 0 Å². The molecule has 64 valence electrons. The Kier molecular flexibility index (Phi) is 19.5. The van der Waals surface area contributed by atoms with E-state index in [0.29, 0.717) is 0 Å². The highest BCUT2D eigenvalue weighted by atomic mass is 31.2. The van der Waals surface area contributed by atoms with E-state index in [1.54, 1.807) is 0 Å². The van der Waals surface area contributed by atoms with Crippen molar-refractivity contribution in [1.82, 2.24) is 0 Å². The molecule has 0 radical (unpaired) electrons. The third-order valence-electron chi connectivity index (χ3n) is 0.175. The smallest absolute Gasteiger partial charge is 0.323 e. The van der Waals surface area contributed by atoms with E-state index < -0.39 is 16.5 Å². The zero-order valence-corrected chi connectivity index (χ0v) is 7.03. The molecule has 0 aromatic rings. The van der Waals surface area contributed by atoms with Crippen molar-refractivity contribution in [3.05, 3.63) is 13.2 Å². The summed E-state index contributed by atoms with van der Waals surface area (Å²) in [5, 5.41) is 0. The van der Waals surface area contributed by atoms with Crippen LogP contribution in [0.4, 0.5) is 0 Å². The van der Waals surface area contributed by atoms with Crippen LogP contribution in [-0.2, 0) is 13.4 Å². The van der Waals surface area contributed by atoms with Crippen LogP contribution in [-0.4, -0.2) is 15.3 Å². The van der Waals surface area contributed by atoms with E-state index in [1.165, 1.54) is 0 Å². The molecule has 0 fully saturated rings. The maximum atomic E-state index is 9.44. The predicted octanol–water partition coefficient (Wildman–Crippen LogP) is -0.256. The summed E-state index contributed by atoms with van der Waals surface area (Å²) in [7, 11) is -6.40. The van der Waals surface area contributed by atoms with E-state index >= 15 is 0 Å². The molecule has 10 heavy (non-hydrogen) atoms. The van der Waals surface area contributed by atoms with Gasteiger partial charge < -0.3 is 15.3 Å². The molecule has 2 atom stereocenters. The Hall–Kier alpha value is 0.0400. The van der Waals surface area contributed by atoms with Crippen LogP contribution < -0.4 is 0 Å². The Labute approximate surface area is 59.4 Å². The van der Waals surface area contributed by atoms with Crippen molar-refractivity contribution in [2.24, 2.45) is 0 Å². The molecular formula is C2H10O6P2. The van der Waals surface area contributed by atoms with Gasteiger partial charge >= 0.3 is 16.5 Å². The van der Waals surface area contributed by atoms with Gasteiger partial charge in [-0.05, 0) is 0 Å². The zero-order chi connectivity index (χ0) is 7.86. The summed E-state index contributed by atoms with van der Waals surface area (Å²) in [6.45, 7) is 6.00. The minimum absolute atomic E-state index is 0. The normalized spacial score (nSPS) is 13.4. The van der Waals surface area contributed by atoms with Gasteiger partial charge in [-0.1, -0.05) is 0 Å². The third kappa shape index (κ3) is 24.4. The van der Waals surface area contributed by atoms with Gasteiger partial charge in [-0.25, -0.2) is 4.31 Å². The van der Waals surface area contributed by atoms with Crippen LogP contribution in [0.5, 0.6) is 0 Å². The lowest BCUT2D eigenvalue weighted by Gasteiger charge is -1.86. The molecule has 0 spiro atoms. The summed E-state index contributed by atoms with van der Waals surface area (Å²) in [4.78, 5) is 15.4. The van der Waals surface area contributed by atoms with Crippen molar-refractivity contribution in [2.45, 2.75) is 0 Å². The lowest BCUT2D eigenvalue weighted by molar-refractivity contribution is 0.371. The summed E-state index contributed by atoms with van der Waals surface area (Å²) in [5.74, 6) is 0. The highest BCUT2D eigenvalue weighted by Gasteiger charge is 1.93. The van der Waals surface area contributed by atoms with E-state index in [9.17, 15) is 9.13 Å². The molecule has 0 saturated carbocycles. The van der Waals surface area contributed by atoms with Crippen LogP contribution in [0.2, 0.25) is 0 Å². The van der Waals surface area contributed by atoms with Crippen LogP contribution in [0.3, 0.4) is 0 Å². The molecule has 0 rings (SSSR count). The van der Waals surface area contributed by atoms with Gasteiger partial charge in [0.2, 0.25) is 0 Å². The summed E-state index contributed by atoms with van der Waals surface area (Å²) >= 11 is 0. The van der Waals surface area contributed by atoms with Crippen molar-refractivity contribution in [1.29, 1.82) is 0 Å². The fourth-order valence-electron chi connectivity index (χ4n) is 0.0747. The monoisotopic (exact) mass is 192 g/mol. The quantitative estimate of drug-likeness (QED) is 0.462. The summed E-state index contributed by atoms with van der Waals surface area (Å²) < 4.78 is 22.3. The summed E-state index contributed by atoms with van der Waals surface area (Å²) in [6.07, 6.45) is 0. The van der Waals surface area contributed by atoms with Gasteiger partial charge in [-0.3, -0.25) is 9.13 Å². The topological polar surface area (TPSA) is 115 Å². The maximum absolute atomic E-state index is 9.44. The van der Waals surface area contributed by atoms with Crippen molar-refractivity contribution in [2.75, 3.05) is 0 Å². The van der Waals surface area contributed by atoms with E-state index in [2.05, 4.69) is 17.5 Å². The Bertz CT molecular complexity index is 100. The van der Waals surface area contributed by atoms with Gasteiger partial charge in [0.05, 0.1) is 0 Å². The number of hydrogen-bond acceptors (Lipinski definition) is 3. The fraction of sp³-hybridized carbons (Fsp3) is 0. The van der Waals surface area contributed by atoms with Gasteiger partial charge in [-0.2, -0.15) is 0 Å². The zero-order valence-electron chi connectivity index (χ0n) is 5.03. The molecule has 4 N–H and O–H groups in total. The standard InChI is InChI=1S/C2H4.H4O5P2.H2O/c1-2;1-6(2)5-7(3)4;/h1-2H2;6-7H,(H,1,2)(H,3,4);1H2. The minimum atomic E-state index is -3.20. The van der Waals surface area contributed by atoms with Crippen LogP contribution in [0.25, 0.3) is 0 Å². The molecular weight excluding hydrogens is 182 g/mol. The maximum Gasteiger partial charge on any atom is 0.323 e. The second-order valence-electron chi connectivity index (χ2n) is 0.634. The minimum Gasteiger partial charge on any atom is -0.412 e. The Morgan fingerprint density at radius 2 is 1.30 bits per heavy atom.